The van der Waals surface area contributed by atoms with Crippen LogP contribution in [0, 0.1) is 0 Å². The topological polar surface area (TPSA) is 50.4 Å². The van der Waals surface area contributed by atoms with Crippen molar-refractivity contribution in [2.45, 2.75) is 6.61 Å². The Balaban J connectivity index is 1.59. The van der Waals surface area contributed by atoms with Gasteiger partial charge in [-0.05, 0) is 42.0 Å². The number of halogens is 1. The van der Waals surface area contributed by atoms with Gasteiger partial charge >= 0.3 is 0 Å². The van der Waals surface area contributed by atoms with Crippen LogP contribution in [-0.2, 0) is 6.61 Å². The number of amides is 1. The van der Waals surface area contributed by atoms with Gasteiger partial charge in [0.25, 0.3) is 5.91 Å². The van der Waals surface area contributed by atoms with Gasteiger partial charge in [-0.25, -0.2) is 0 Å². The zero-order valence-corrected chi connectivity index (χ0v) is 14.2. The first-order valence-electron chi connectivity index (χ1n) is 7.79. The van der Waals surface area contributed by atoms with Crippen LogP contribution in [0.2, 0.25) is 5.02 Å². The second kappa shape index (κ2) is 8.22. The summed E-state index contributed by atoms with van der Waals surface area (Å²) >= 11 is 5.91. The Morgan fingerprint density at radius 1 is 0.920 bits per heavy atom. The normalized spacial score (nSPS) is 10.1. The molecule has 0 aliphatic heterocycles. The molecule has 0 bridgehead atoms. The summed E-state index contributed by atoms with van der Waals surface area (Å²) in [6, 6.07) is 24.0. The molecule has 2 N–H and O–H groups in total. The van der Waals surface area contributed by atoms with Crippen molar-refractivity contribution in [3.8, 4) is 5.75 Å². The van der Waals surface area contributed by atoms with Crippen LogP contribution in [0.4, 0.5) is 5.69 Å². The number of hydrogen-bond donors (Lipinski definition) is 2. The summed E-state index contributed by atoms with van der Waals surface area (Å²) in [5.41, 5.74) is 7.75. The van der Waals surface area contributed by atoms with Gasteiger partial charge < -0.3 is 4.74 Å². The number of rotatable bonds is 6. The predicted molar refractivity (Wildman–Crippen MR) is 99.8 cm³/mol. The van der Waals surface area contributed by atoms with E-state index in [1.807, 2.05) is 42.5 Å². The van der Waals surface area contributed by atoms with E-state index in [0.29, 0.717) is 28.6 Å². The van der Waals surface area contributed by atoms with Crippen LogP contribution in [0.1, 0.15) is 15.9 Å². The van der Waals surface area contributed by atoms with Crippen LogP contribution in [0.5, 0.6) is 5.75 Å². The van der Waals surface area contributed by atoms with Crippen molar-refractivity contribution in [1.82, 2.24) is 5.43 Å². The molecule has 5 heteroatoms. The van der Waals surface area contributed by atoms with Crippen molar-refractivity contribution >= 4 is 23.2 Å². The Labute approximate surface area is 151 Å². The van der Waals surface area contributed by atoms with Gasteiger partial charge in [0.2, 0.25) is 0 Å². The number of nitrogens with one attached hydrogen (secondary N) is 2. The summed E-state index contributed by atoms with van der Waals surface area (Å²) in [7, 11) is 0. The lowest BCUT2D eigenvalue weighted by atomic mass is 10.2. The van der Waals surface area contributed by atoms with Crippen LogP contribution in [0.3, 0.4) is 0 Å². The largest absolute Gasteiger partial charge is 0.489 e. The third-order valence-corrected chi connectivity index (χ3v) is 3.72. The molecule has 0 saturated heterocycles. The lowest BCUT2D eigenvalue weighted by molar-refractivity contribution is 0.0962. The van der Waals surface area contributed by atoms with Gasteiger partial charge in [-0.1, -0.05) is 54.1 Å². The molecule has 3 aromatic carbocycles. The fraction of sp³-hybridized carbons (Fsp3) is 0.0500. The van der Waals surface area contributed by atoms with E-state index in [0.717, 1.165) is 5.56 Å². The third kappa shape index (κ3) is 4.99. The first-order valence-corrected chi connectivity index (χ1v) is 8.17. The van der Waals surface area contributed by atoms with Gasteiger partial charge in [0.1, 0.15) is 12.4 Å². The molecule has 0 saturated carbocycles. The van der Waals surface area contributed by atoms with Crippen LogP contribution in [0.25, 0.3) is 0 Å². The highest BCUT2D eigenvalue weighted by Gasteiger charge is 2.07. The van der Waals surface area contributed by atoms with Crippen molar-refractivity contribution in [2.75, 3.05) is 5.43 Å². The zero-order chi connectivity index (χ0) is 17.5. The van der Waals surface area contributed by atoms with E-state index in [9.17, 15) is 4.79 Å². The summed E-state index contributed by atoms with van der Waals surface area (Å²) < 4.78 is 5.74. The Hall–Kier alpha value is -2.98. The summed E-state index contributed by atoms with van der Waals surface area (Å²) in [6.07, 6.45) is 0. The molecule has 3 rings (SSSR count). The van der Waals surface area contributed by atoms with E-state index in [1.54, 1.807) is 36.4 Å². The van der Waals surface area contributed by atoms with E-state index >= 15 is 0 Å². The van der Waals surface area contributed by atoms with Gasteiger partial charge in [0.05, 0.1) is 5.69 Å². The van der Waals surface area contributed by atoms with E-state index in [1.165, 1.54) is 0 Å². The highest BCUT2D eigenvalue weighted by Crippen LogP contribution is 2.16. The molecule has 0 radical (unpaired) electrons. The maximum absolute atomic E-state index is 12.3. The van der Waals surface area contributed by atoms with Crippen LogP contribution in [-0.4, -0.2) is 5.91 Å². The lowest BCUT2D eigenvalue weighted by Crippen LogP contribution is -2.29. The molecule has 4 nitrogen and oxygen atoms in total. The van der Waals surface area contributed by atoms with Gasteiger partial charge in [0.15, 0.2) is 0 Å². The van der Waals surface area contributed by atoms with Crippen molar-refractivity contribution < 1.29 is 9.53 Å². The smallest absolute Gasteiger partial charge is 0.269 e. The Kier molecular flexibility index (Phi) is 5.54. The summed E-state index contributed by atoms with van der Waals surface area (Å²) in [4.78, 5) is 12.3. The summed E-state index contributed by atoms with van der Waals surface area (Å²) in [5.74, 6) is 0.379. The van der Waals surface area contributed by atoms with E-state index in [-0.39, 0.29) is 5.91 Å². The first kappa shape index (κ1) is 16.9. The third-order valence-electron chi connectivity index (χ3n) is 3.49. The second-order valence-electron chi connectivity index (χ2n) is 5.39. The zero-order valence-electron chi connectivity index (χ0n) is 13.4. The fourth-order valence-corrected chi connectivity index (χ4v) is 2.43. The number of carbonyl (C=O) groups excluding carboxylic acids is 1. The molecule has 0 aromatic heterocycles. The Bertz CT molecular complexity index is 853. The van der Waals surface area contributed by atoms with Crippen molar-refractivity contribution in [2.24, 2.45) is 0 Å². The second-order valence-corrected chi connectivity index (χ2v) is 5.83. The first-order chi connectivity index (χ1) is 12.2. The molecule has 3 aromatic rings. The molecule has 0 fully saturated rings. The van der Waals surface area contributed by atoms with Crippen LogP contribution < -0.4 is 15.6 Å². The Morgan fingerprint density at radius 2 is 1.72 bits per heavy atom. The lowest BCUT2D eigenvalue weighted by Gasteiger charge is -2.10. The SMILES string of the molecule is O=C(NNc1cccc(Cl)c1)c1cccc(OCc2ccccc2)c1. The van der Waals surface area contributed by atoms with Crippen molar-refractivity contribution in [3.05, 3.63) is 95.0 Å². The number of benzene rings is 3. The number of anilines is 1. The van der Waals surface area contributed by atoms with Crippen molar-refractivity contribution in [1.29, 1.82) is 0 Å². The molecule has 0 aliphatic rings. The molecule has 0 heterocycles. The fourth-order valence-electron chi connectivity index (χ4n) is 2.24. The molecular weight excluding hydrogens is 336 g/mol. The molecule has 0 unspecified atom stereocenters. The minimum atomic E-state index is -0.259. The molecule has 0 aliphatic carbocycles. The average Bonchev–Trinajstić information content (AvgIpc) is 2.65. The number of carbonyl (C=O) groups is 1. The van der Waals surface area contributed by atoms with Gasteiger partial charge in [0, 0.05) is 10.6 Å². The van der Waals surface area contributed by atoms with Crippen molar-refractivity contribution in [3.63, 3.8) is 0 Å². The van der Waals surface area contributed by atoms with E-state index in [2.05, 4.69) is 10.9 Å². The number of hydrazine groups is 1. The van der Waals surface area contributed by atoms with E-state index in [4.69, 9.17) is 16.3 Å². The number of ether oxygens (including phenoxy) is 1. The average molecular weight is 353 g/mol. The number of hydrogen-bond acceptors (Lipinski definition) is 3. The van der Waals surface area contributed by atoms with Gasteiger partial charge in [-0.3, -0.25) is 15.6 Å². The molecule has 0 atom stereocenters. The van der Waals surface area contributed by atoms with Crippen LogP contribution in [0.15, 0.2) is 78.9 Å². The highest BCUT2D eigenvalue weighted by atomic mass is 35.5. The predicted octanol–water partition coefficient (Wildman–Crippen LogP) is 4.68. The maximum atomic E-state index is 12.3. The molecule has 1 amide bonds. The molecule has 25 heavy (non-hydrogen) atoms. The molecular formula is C20H17ClN2O2. The van der Waals surface area contributed by atoms with E-state index < -0.39 is 0 Å². The maximum Gasteiger partial charge on any atom is 0.269 e. The summed E-state index contributed by atoms with van der Waals surface area (Å²) in [5, 5.41) is 0.593. The summed E-state index contributed by atoms with van der Waals surface area (Å²) in [6.45, 7) is 0.451. The van der Waals surface area contributed by atoms with Gasteiger partial charge in [-0.2, -0.15) is 0 Å². The van der Waals surface area contributed by atoms with Crippen LogP contribution >= 0.6 is 11.6 Å². The highest BCUT2D eigenvalue weighted by molar-refractivity contribution is 6.30. The molecule has 126 valence electrons. The monoisotopic (exact) mass is 352 g/mol. The minimum Gasteiger partial charge on any atom is -0.489 e. The quantitative estimate of drug-likeness (QED) is 0.633. The standard InChI is InChI=1S/C20H17ClN2O2/c21-17-9-5-10-18(13-17)22-23-20(24)16-8-4-11-19(12-16)25-14-15-6-2-1-3-7-15/h1-13,22H,14H2,(H,23,24). The minimum absolute atomic E-state index is 0.259. The Morgan fingerprint density at radius 3 is 2.52 bits per heavy atom. The molecule has 0 spiro atoms. The van der Waals surface area contributed by atoms with Gasteiger partial charge in [-0.15, -0.1) is 0 Å².